The number of hydrogen-bond acceptors (Lipinski definition) is 3. The fourth-order valence-electron chi connectivity index (χ4n) is 2.91. The van der Waals surface area contributed by atoms with Gasteiger partial charge in [-0.1, -0.05) is 37.6 Å². The van der Waals surface area contributed by atoms with Crippen LogP contribution in [0.3, 0.4) is 0 Å². The van der Waals surface area contributed by atoms with E-state index in [2.05, 4.69) is 0 Å². The van der Waals surface area contributed by atoms with Crippen LogP contribution in [0.2, 0.25) is 5.02 Å². The molecule has 138 valence electrons. The maximum Gasteiger partial charge on any atom is 0.310 e. The Labute approximate surface area is 158 Å². The van der Waals surface area contributed by atoms with Crippen LogP contribution in [0.15, 0.2) is 30.3 Å². The predicted octanol–water partition coefficient (Wildman–Crippen LogP) is 5.81. The molecule has 3 rings (SSSR count). The van der Waals surface area contributed by atoms with Crippen LogP contribution in [0, 0.1) is 5.82 Å². The van der Waals surface area contributed by atoms with Crippen LogP contribution in [0.4, 0.5) is 4.39 Å². The molecule has 0 spiro atoms. The monoisotopic (exact) mass is 376 g/mol. The minimum absolute atomic E-state index is 0.170. The summed E-state index contributed by atoms with van der Waals surface area (Å²) < 4.78 is 25.3. The quantitative estimate of drug-likeness (QED) is 0.451. The minimum Gasteiger partial charge on any atom is -0.487 e. The third-order valence-corrected chi connectivity index (χ3v) is 4.85. The molecule has 26 heavy (non-hydrogen) atoms. The number of benzene rings is 2. The highest BCUT2D eigenvalue weighted by molar-refractivity contribution is 6.32. The first-order valence-electron chi connectivity index (χ1n) is 8.96. The van der Waals surface area contributed by atoms with Crippen molar-refractivity contribution in [2.75, 3.05) is 0 Å². The topological polar surface area (TPSA) is 35.5 Å². The van der Waals surface area contributed by atoms with Crippen LogP contribution in [0.25, 0.3) is 0 Å². The molecule has 0 N–H and O–H groups in total. The predicted molar refractivity (Wildman–Crippen MR) is 99.5 cm³/mol. The van der Waals surface area contributed by atoms with E-state index in [0.717, 1.165) is 24.0 Å². The summed E-state index contributed by atoms with van der Waals surface area (Å²) >= 11 is 6.23. The van der Waals surface area contributed by atoms with Crippen LogP contribution in [-0.4, -0.2) is 5.97 Å². The van der Waals surface area contributed by atoms with Crippen molar-refractivity contribution in [3.63, 3.8) is 0 Å². The van der Waals surface area contributed by atoms with Gasteiger partial charge >= 0.3 is 5.97 Å². The highest BCUT2D eigenvalue weighted by Gasteiger charge is 2.28. The van der Waals surface area contributed by atoms with Crippen LogP contribution in [0.5, 0.6) is 11.5 Å². The first-order chi connectivity index (χ1) is 12.5. The molecule has 0 radical (unpaired) electrons. The van der Waals surface area contributed by atoms with Gasteiger partial charge in [-0.3, -0.25) is 4.79 Å². The van der Waals surface area contributed by atoms with E-state index in [-0.39, 0.29) is 18.4 Å². The Hall–Kier alpha value is -2.07. The Bertz CT molecular complexity index is 815. The second-order valence-electron chi connectivity index (χ2n) is 6.44. The van der Waals surface area contributed by atoms with E-state index in [1.165, 1.54) is 6.07 Å². The Balaban J connectivity index is 1.87. The molecule has 3 nitrogen and oxygen atoms in total. The Morgan fingerprint density at radius 2 is 2.00 bits per heavy atom. The fourth-order valence-corrected chi connectivity index (χ4v) is 3.15. The van der Waals surface area contributed by atoms with Gasteiger partial charge in [-0.05, 0) is 48.4 Å². The lowest BCUT2D eigenvalue weighted by Crippen LogP contribution is -2.10. The van der Waals surface area contributed by atoms with Crippen molar-refractivity contribution >= 4 is 17.6 Å². The number of rotatable bonds is 7. The number of esters is 1. The molecule has 0 heterocycles. The lowest BCUT2D eigenvalue weighted by atomic mass is 10.0. The summed E-state index contributed by atoms with van der Waals surface area (Å²) in [4.78, 5) is 11.7. The zero-order valence-electron chi connectivity index (χ0n) is 15.0. The lowest BCUT2D eigenvalue weighted by Gasteiger charge is -2.16. The number of halogens is 2. The van der Waals surface area contributed by atoms with Gasteiger partial charge in [-0.25, -0.2) is 4.39 Å². The molecule has 5 heteroatoms. The average Bonchev–Trinajstić information content (AvgIpc) is 3.47. The van der Waals surface area contributed by atoms with Crippen LogP contribution >= 0.6 is 11.6 Å². The van der Waals surface area contributed by atoms with Gasteiger partial charge in [-0.15, -0.1) is 0 Å². The summed E-state index contributed by atoms with van der Waals surface area (Å²) in [7, 11) is 0. The number of carbonyl (C=O) groups is 1. The van der Waals surface area contributed by atoms with E-state index in [4.69, 9.17) is 21.1 Å². The van der Waals surface area contributed by atoms with Crippen molar-refractivity contribution in [2.45, 2.75) is 52.1 Å². The number of hydrogen-bond donors (Lipinski definition) is 0. The molecular formula is C21H22ClFO3. The van der Waals surface area contributed by atoms with Crippen molar-refractivity contribution in [2.24, 2.45) is 0 Å². The van der Waals surface area contributed by atoms with Gasteiger partial charge in [0.2, 0.25) is 0 Å². The molecule has 0 saturated heterocycles. The third kappa shape index (κ3) is 4.18. The second-order valence-corrected chi connectivity index (χ2v) is 6.85. The van der Waals surface area contributed by atoms with Gasteiger partial charge in [0.05, 0.1) is 5.02 Å². The zero-order valence-corrected chi connectivity index (χ0v) is 15.7. The average molecular weight is 377 g/mol. The van der Waals surface area contributed by atoms with Gasteiger partial charge in [0.25, 0.3) is 0 Å². The summed E-state index contributed by atoms with van der Waals surface area (Å²) in [6, 6.07) is 8.59. The third-order valence-electron chi connectivity index (χ3n) is 4.55. The van der Waals surface area contributed by atoms with Gasteiger partial charge < -0.3 is 9.47 Å². The molecular weight excluding hydrogens is 355 g/mol. The first kappa shape index (κ1) is 18.7. The summed E-state index contributed by atoms with van der Waals surface area (Å²) in [5.74, 6) is 0.627. The summed E-state index contributed by atoms with van der Waals surface area (Å²) in [5, 5.41) is 0.374. The fraction of sp³-hybridized carbons (Fsp3) is 0.381. The Morgan fingerprint density at radius 1 is 1.23 bits per heavy atom. The highest BCUT2D eigenvalue weighted by atomic mass is 35.5. The molecule has 1 aliphatic rings. The van der Waals surface area contributed by atoms with Crippen molar-refractivity contribution in [1.82, 2.24) is 0 Å². The standard InChI is InChI=1S/C21H22ClFO3/c1-3-13-10-17(22)20(11-18(13)23)25-12-16-15(14-8-9-14)6-5-7-19(16)26-21(24)4-2/h5-7,10-11,14H,3-4,8-9,12H2,1-2H3. The van der Waals surface area contributed by atoms with Crippen LogP contribution < -0.4 is 9.47 Å². The number of ether oxygens (including phenoxy) is 2. The minimum atomic E-state index is -0.333. The summed E-state index contributed by atoms with van der Waals surface area (Å²) in [6.07, 6.45) is 3.08. The molecule has 0 aromatic heterocycles. The van der Waals surface area contributed by atoms with E-state index in [0.29, 0.717) is 40.8 Å². The molecule has 0 aliphatic heterocycles. The van der Waals surface area contributed by atoms with E-state index in [9.17, 15) is 9.18 Å². The molecule has 0 amide bonds. The normalized spacial score (nSPS) is 13.5. The SMILES string of the molecule is CCC(=O)Oc1cccc(C2CC2)c1COc1cc(F)c(CC)cc1Cl. The summed E-state index contributed by atoms with van der Waals surface area (Å²) in [5.41, 5.74) is 2.50. The van der Waals surface area contributed by atoms with E-state index >= 15 is 0 Å². The molecule has 0 unspecified atom stereocenters. The van der Waals surface area contributed by atoms with E-state index in [1.807, 2.05) is 19.1 Å². The molecule has 0 atom stereocenters. The van der Waals surface area contributed by atoms with Crippen LogP contribution in [-0.2, 0) is 17.8 Å². The number of carbonyl (C=O) groups excluding carboxylic acids is 1. The van der Waals surface area contributed by atoms with Gasteiger partial charge in [-0.2, -0.15) is 0 Å². The van der Waals surface area contributed by atoms with Gasteiger partial charge in [0, 0.05) is 18.1 Å². The first-order valence-corrected chi connectivity index (χ1v) is 9.34. The maximum atomic E-state index is 14.1. The Morgan fingerprint density at radius 3 is 2.65 bits per heavy atom. The smallest absolute Gasteiger partial charge is 0.310 e. The van der Waals surface area contributed by atoms with E-state index < -0.39 is 0 Å². The molecule has 1 fully saturated rings. The van der Waals surface area contributed by atoms with E-state index in [1.54, 1.807) is 19.1 Å². The molecule has 1 aliphatic carbocycles. The van der Waals surface area contributed by atoms with Gasteiger partial charge in [0.15, 0.2) is 0 Å². The van der Waals surface area contributed by atoms with Crippen LogP contribution in [0.1, 0.15) is 55.7 Å². The number of aryl methyl sites for hydroxylation is 1. The second kappa shape index (κ2) is 8.09. The van der Waals surface area contributed by atoms with Crippen molar-refractivity contribution in [3.05, 3.63) is 57.9 Å². The maximum absolute atomic E-state index is 14.1. The van der Waals surface area contributed by atoms with Crippen molar-refractivity contribution in [1.29, 1.82) is 0 Å². The van der Waals surface area contributed by atoms with Crippen molar-refractivity contribution < 1.29 is 18.7 Å². The molecule has 2 aromatic carbocycles. The molecule has 0 bridgehead atoms. The van der Waals surface area contributed by atoms with Crippen molar-refractivity contribution in [3.8, 4) is 11.5 Å². The highest BCUT2D eigenvalue weighted by Crippen LogP contribution is 2.44. The van der Waals surface area contributed by atoms with Gasteiger partial charge in [0.1, 0.15) is 23.9 Å². The summed E-state index contributed by atoms with van der Waals surface area (Å²) in [6.45, 7) is 3.79. The molecule has 2 aromatic rings. The Kier molecular flexibility index (Phi) is 5.82. The lowest BCUT2D eigenvalue weighted by molar-refractivity contribution is -0.134. The molecule has 1 saturated carbocycles. The largest absolute Gasteiger partial charge is 0.487 e. The zero-order chi connectivity index (χ0) is 18.7.